The van der Waals surface area contributed by atoms with Crippen molar-refractivity contribution in [2.24, 2.45) is 10.2 Å². The first kappa shape index (κ1) is 15.8. The lowest BCUT2D eigenvalue weighted by Gasteiger charge is -1.99. The van der Waals surface area contributed by atoms with Gasteiger partial charge in [0.15, 0.2) is 17.3 Å². The molecule has 7 heteroatoms. The summed E-state index contributed by atoms with van der Waals surface area (Å²) < 4.78 is 7.30. The van der Waals surface area contributed by atoms with Crippen molar-refractivity contribution in [3.05, 3.63) is 72.1 Å². The number of fused-ring (bicyclic) bond motifs is 1. The minimum Gasteiger partial charge on any atom is -0.478 e. The molecule has 1 aromatic carbocycles. The first-order valence-corrected chi connectivity index (χ1v) is 7.89. The standard InChI is InChI=1S/C19H14N4O3/c1-12-7-8-16-20-17(15-6-3-9-26-15)18(23(16)11-12)22-21-14-5-2-4-13(10-14)19(24)25/h2-11H,1H3,(H,24,25). The average Bonchev–Trinajstić information content (AvgIpc) is 3.27. The molecule has 0 radical (unpaired) electrons. The number of aromatic carboxylic acids is 1. The van der Waals surface area contributed by atoms with Gasteiger partial charge in [-0.3, -0.25) is 4.40 Å². The summed E-state index contributed by atoms with van der Waals surface area (Å²) in [5, 5.41) is 17.6. The van der Waals surface area contributed by atoms with Crippen LogP contribution in [-0.4, -0.2) is 20.5 Å². The number of nitrogens with zero attached hydrogens (tertiary/aromatic N) is 4. The number of aryl methyl sites for hydroxylation is 1. The van der Waals surface area contributed by atoms with Crippen molar-refractivity contribution >= 4 is 23.1 Å². The largest absolute Gasteiger partial charge is 0.478 e. The van der Waals surface area contributed by atoms with Crippen LogP contribution in [0.4, 0.5) is 11.5 Å². The Morgan fingerprint density at radius 2 is 2.04 bits per heavy atom. The van der Waals surface area contributed by atoms with E-state index >= 15 is 0 Å². The minimum atomic E-state index is -1.01. The molecule has 0 aliphatic carbocycles. The predicted molar refractivity (Wildman–Crippen MR) is 95.2 cm³/mol. The molecule has 0 saturated carbocycles. The summed E-state index contributed by atoms with van der Waals surface area (Å²) in [6.45, 7) is 1.98. The third-order valence-electron chi connectivity index (χ3n) is 3.85. The zero-order valence-electron chi connectivity index (χ0n) is 13.8. The SMILES string of the molecule is Cc1ccc2nc(-c3ccco3)c(N=Nc3cccc(C(=O)O)c3)n2c1. The maximum absolute atomic E-state index is 11.1. The lowest BCUT2D eigenvalue weighted by Crippen LogP contribution is -1.94. The predicted octanol–water partition coefficient (Wildman–Crippen LogP) is 5.02. The lowest BCUT2D eigenvalue weighted by molar-refractivity contribution is 0.0697. The number of hydrogen-bond acceptors (Lipinski definition) is 5. The summed E-state index contributed by atoms with van der Waals surface area (Å²) in [7, 11) is 0. The van der Waals surface area contributed by atoms with E-state index in [2.05, 4.69) is 15.2 Å². The second-order valence-corrected chi connectivity index (χ2v) is 5.75. The number of rotatable bonds is 4. The monoisotopic (exact) mass is 346 g/mol. The summed E-state index contributed by atoms with van der Waals surface area (Å²) in [4.78, 5) is 15.7. The van der Waals surface area contributed by atoms with E-state index < -0.39 is 5.97 Å². The lowest BCUT2D eigenvalue weighted by atomic mass is 10.2. The third kappa shape index (κ3) is 2.86. The number of pyridine rings is 1. The Balaban J connectivity index is 1.84. The van der Waals surface area contributed by atoms with Gasteiger partial charge in [0.2, 0.25) is 0 Å². The molecule has 26 heavy (non-hydrogen) atoms. The van der Waals surface area contributed by atoms with Crippen molar-refractivity contribution in [2.45, 2.75) is 6.92 Å². The van der Waals surface area contributed by atoms with Crippen molar-refractivity contribution < 1.29 is 14.3 Å². The summed E-state index contributed by atoms with van der Waals surface area (Å²) in [5.41, 5.74) is 2.93. The van der Waals surface area contributed by atoms with E-state index in [1.165, 1.54) is 12.1 Å². The number of carboxylic acid groups (broad SMARTS) is 1. The van der Waals surface area contributed by atoms with E-state index in [-0.39, 0.29) is 5.56 Å². The third-order valence-corrected chi connectivity index (χ3v) is 3.85. The van der Waals surface area contributed by atoms with E-state index in [9.17, 15) is 4.79 Å². The fraction of sp³-hybridized carbons (Fsp3) is 0.0526. The molecule has 4 rings (SSSR count). The molecule has 0 amide bonds. The molecule has 1 N–H and O–H groups in total. The van der Waals surface area contributed by atoms with Crippen LogP contribution in [0, 0.1) is 6.92 Å². The van der Waals surface area contributed by atoms with Crippen LogP contribution >= 0.6 is 0 Å². The zero-order chi connectivity index (χ0) is 18.1. The summed E-state index contributed by atoms with van der Waals surface area (Å²) >= 11 is 0. The van der Waals surface area contributed by atoms with Crippen LogP contribution in [0.25, 0.3) is 17.1 Å². The molecule has 3 heterocycles. The highest BCUT2D eigenvalue weighted by atomic mass is 16.4. The van der Waals surface area contributed by atoms with Crippen molar-refractivity contribution in [3.8, 4) is 11.5 Å². The van der Waals surface area contributed by atoms with E-state index in [0.29, 0.717) is 23.0 Å². The van der Waals surface area contributed by atoms with Gasteiger partial charge in [0.1, 0.15) is 5.65 Å². The van der Waals surface area contributed by atoms with Crippen molar-refractivity contribution in [2.75, 3.05) is 0 Å². The second-order valence-electron chi connectivity index (χ2n) is 5.75. The smallest absolute Gasteiger partial charge is 0.335 e. The Labute approximate surface area is 148 Å². The van der Waals surface area contributed by atoms with Gasteiger partial charge >= 0.3 is 5.97 Å². The van der Waals surface area contributed by atoms with E-state index in [0.717, 1.165) is 11.2 Å². The van der Waals surface area contributed by atoms with Gasteiger partial charge < -0.3 is 9.52 Å². The summed E-state index contributed by atoms with van der Waals surface area (Å²) in [6, 6.07) is 13.7. The molecular formula is C19H14N4O3. The van der Waals surface area contributed by atoms with E-state index in [1.807, 2.05) is 29.7 Å². The first-order valence-electron chi connectivity index (χ1n) is 7.89. The van der Waals surface area contributed by atoms with Gasteiger partial charge in [-0.15, -0.1) is 10.2 Å². The molecule has 128 valence electrons. The van der Waals surface area contributed by atoms with Gasteiger partial charge in [0, 0.05) is 6.20 Å². The molecule has 3 aromatic heterocycles. The highest BCUT2D eigenvalue weighted by Crippen LogP contribution is 2.32. The van der Waals surface area contributed by atoms with Crippen molar-refractivity contribution in [3.63, 3.8) is 0 Å². The summed E-state index contributed by atoms with van der Waals surface area (Å²) in [6.07, 6.45) is 3.48. The van der Waals surface area contributed by atoms with Crippen LogP contribution in [-0.2, 0) is 0 Å². The Morgan fingerprint density at radius 1 is 1.15 bits per heavy atom. The van der Waals surface area contributed by atoms with Crippen LogP contribution in [0.15, 0.2) is 75.6 Å². The normalized spacial score (nSPS) is 11.4. The molecule has 4 aromatic rings. The Kier molecular flexibility index (Phi) is 3.81. The molecule has 0 bridgehead atoms. The Bertz CT molecular complexity index is 1130. The second kappa shape index (κ2) is 6.29. The molecule has 0 aliphatic heterocycles. The van der Waals surface area contributed by atoms with Gasteiger partial charge in [-0.2, -0.15) is 0 Å². The van der Waals surface area contributed by atoms with E-state index in [1.54, 1.807) is 30.5 Å². The highest BCUT2D eigenvalue weighted by Gasteiger charge is 2.16. The van der Waals surface area contributed by atoms with Gasteiger partial charge in [-0.25, -0.2) is 9.78 Å². The van der Waals surface area contributed by atoms with Gasteiger partial charge in [0.05, 0.1) is 17.5 Å². The molecule has 0 spiro atoms. The van der Waals surface area contributed by atoms with E-state index in [4.69, 9.17) is 9.52 Å². The maximum atomic E-state index is 11.1. The minimum absolute atomic E-state index is 0.154. The zero-order valence-corrected chi connectivity index (χ0v) is 13.8. The number of aromatic nitrogens is 2. The molecule has 0 fully saturated rings. The maximum Gasteiger partial charge on any atom is 0.335 e. The quantitative estimate of drug-likeness (QED) is 0.525. The van der Waals surface area contributed by atoms with Gasteiger partial charge in [-0.1, -0.05) is 12.1 Å². The number of carboxylic acids is 1. The summed E-state index contributed by atoms with van der Waals surface area (Å²) in [5.74, 6) is 0.0859. The number of azo groups is 1. The number of furan rings is 1. The fourth-order valence-electron chi connectivity index (χ4n) is 2.62. The highest BCUT2D eigenvalue weighted by molar-refractivity contribution is 5.88. The van der Waals surface area contributed by atoms with Crippen LogP contribution in [0.3, 0.4) is 0 Å². The van der Waals surface area contributed by atoms with Crippen LogP contribution in [0.2, 0.25) is 0 Å². The number of hydrogen-bond donors (Lipinski definition) is 1. The van der Waals surface area contributed by atoms with Crippen molar-refractivity contribution in [1.29, 1.82) is 0 Å². The number of imidazole rings is 1. The van der Waals surface area contributed by atoms with Crippen LogP contribution in [0.1, 0.15) is 15.9 Å². The molecule has 0 saturated heterocycles. The van der Waals surface area contributed by atoms with Crippen LogP contribution < -0.4 is 0 Å². The fourth-order valence-corrected chi connectivity index (χ4v) is 2.62. The Morgan fingerprint density at radius 3 is 2.81 bits per heavy atom. The first-order chi connectivity index (χ1) is 12.6. The average molecular weight is 346 g/mol. The topological polar surface area (TPSA) is 92.5 Å². The molecule has 0 unspecified atom stereocenters. The Hall–Kier alpha value is -3.74. The van der Waals surface area contributed by atoms with Crippen LogP contribution in [0.5, 0.6) is 0 Å². The molecule has 0 atom stereocenters. The number of benzene rings is 1. The molecule has 7 nitrogen and oxygen atoms in total. The van der Waals surface area contributed by atoms with Gasteiger partial charge in [-0.05, 0) is 48.9 Å². The molecule has 0 aliphatic rings. The van der Waals surface area contributed by atoms with Crippen molar-refractivity contribution in [1.82, 2.24) is 9.38 Å². The molecular weight excluding hydrogens is 332 g/mol. The van der Waals surface area contributed by atoms with Gasteiger partial charge in [0.25, 0.3) is 0 Å². The number of carbonyl (C=O) groups is 1.